The summed E-state index contributed by atoms with van der Waals surface area (Å²) in [5.41, 5.74) is 2.08. The summed E-state index contributed by atoms with van der Waals surface area (Å²) >= 11 is 0. The molecule has 0 bridgehead atoms. The number of nitro groups is 2. The smallest absolute Gasteiger partial charge is 0.269 e. The number of non-ortho nitro benzene ring substituents is 2. The van der Waals surface area contributed by atoms with E-state index in [1.807, 2.05) is 0 Å². The van der Waals surface area contributed by atoms with Crippen molar-refractivity contribution in [2.75, 3.05) is 10.6 Å². The Morgan fingerprint density at radius 1 is 0.647 bits per heavy atom. The zero-order valence-corrected chi connectivity index (χ0v) is 17.6. The Morgan fingerprint density at radius 2 is 1.03 bits per heavy atom. The van der Waals surface area contributed by atoms with Gasteiger partial charge >= 0.3 is 0 Å². The fraction of sp³-hybridized carbons (Fsp3) is 0. The molecule has 10 heteroatoms. The molecule has 0 aliphatic carbocycles. The molecule has 0 aromatic heterocycles. The van der Waals surface area contributed by atoms with Crippen molar-refractivity contribution in [1.29, 1.82) is 0 Å². The van der Waals surface area contributed by atoms with Gasteiger partial charge < -0.3 is 10.6 Å². The molecule has 0 saturated carbocycles. The molecule has 170 valence electrons. The van der Waals surface area contributed by atoms with Crippen LogP contribution >= 0.6 is 0 Å². The summed E-state index contributed by atoms with van der Waals surface area (Å²) in [4.78, 5) is 44.7. The van der Waals surface area contributed by atoms with Gasteiger partial charge in [0, 0.05) is 47.8 Å². The van der Waals surface area contributed by atoms with Crippen LogP contribution in [0, 0.1) is 20.2 Å². The van der Waals surface area contributed by atoms with Gasteiger partial charge in [-0.15, -0.1) is 0 Å². The molecule has 0 unspecified atom stereocenters. The molecule has 2 N–H and O–H groups in total. The topological polar surface area (TPSA) is 144 Å². The zero-order chi connectivity index (χ0) is 24.5. The van der Waals surface area contributed by atoms with Gasteiger partial charge in [0.1, 0.15) is 0 Å². The highest BCUT2D eigenvalue weighted by molar-refractivity contribution is 6.04. The molecule has 10 nitrogen and oxygen atoms in total. The number of rotatable bonds is 8. The summed E-state index contributed by atoms with van der Waals surface area (Å²) in [6.45, 7) is 0. The quantitative estimate of drug-likeness (QED) is 0.282. The van der Waals surface area contributed by atoms with Gasteiger partial charge in [-0.2, -0.15) is 0 Å². The first kappa shape index (κ1) is 23.5. The van der Waals surface area contributed by atoms with Crippen LogP contribution in [-0.2, 0) is 9.59 Å². The molecular weight excluding hydrogens is 440 g/mol. The molecule has 34 heavy (non-hydrogen) atoms. The van der Waals surface area contributed by atoms with Gasteiger partial charge in [-0.25, -0.2) is 0 Å². The second-order valence-electron chi connectivity index (χ2n) is 6.92. The Labute approximate surface area is 193 Å². The van der Waals surface area contributed by atoms with Gasteiger partial charge in [0.15, 0.2) is 0 Å². The number of nitrogens with zero attached hydrogens (tertiary/aromatic N) is 2. The number of amides is 2. The highest BCUT2D eigenvalue weighted by Crippen LogP contribution is 2.17. The lowest BCUT2D eigenvalue weighted by atomic mass is 10.2. The second-order valence-corrected chi connectivity index (χ2v) is 6.92. The molecule has 0 radical (unpaired) electrons. The average Bonchev–Trinajstić information content (AvgIpc) is 2.82. The molecule has 2 amide bonds. The third-order valence-corrected chi connectivity index (χ3v) is 4.46. The summed E-state index contributed by atoms with van der Waals surface area (Å²) < 4.78 is 0. The molecule has 3 aromatic rings. The van der Waals surface area contributed by atoms with Crippen LogP contribution < -0.4 is 10.6 Å². The van der Waals surface area contributed by atoms with Gasteiger partial charge in [0.05, 0.1) is 9.85 Å². The number of hydrogen-bond acceptors (Lipinski definition) is 6. The van der Waals surface area contributed by atoms with Crippen molar-refractivity contribution >= 4 is 46.7 Å². The lowest BCUT2D eigenvalue weighted by Crippen LogP contribution is -2.10. The highest BCUT2D eigenvalue weighted by atomic mass is 16.6. The van der Waals surface area contributed by atoms with Crippen molar-refractivity contribution in [2.24, 2.45) is 0 Å². The Balaban J connectivity index is 1.56. The maximum Gasteiger partial charge on any atom is 0.269 e. The number of carbonyl (C=O) groups is 2. The van der Waals surface area contributed by atoms with Crippen LogP contribution in [0.3, 0.4) is 0 Å². The van der Waals surface area contributed by atoms with Crippen LogP contribution in [0.1, 0.15) is 11.1 Å². The number of nitro benzene ring substituents is 2. The number of nitrogens with one attached hydrogen (secondary N) is 2. The van der Waals surface area contributed by atoms with E-state index in [9.17, 15) is 29.8 Å². The lowest BCUT2D eigenvalue weighted by Gasteiger charge is -2.06. The van der Waals surface area contributed by atoms with Crippen LogP contribution in [0.2, 0.25) is 0 Å². The standard InChI is InChI=1S/C24H18N4O6/c29-23(14-8-17-4-10-21(11-5-17)27(31)32)25-19-2-1-3-20(16-19)26-24(30)15-9-18-6-12-22(13-7-18)28(33)34/h1-16H,(H,25,29)(H,26,30)/b14-8+,15-9+. The van der Waals surface area contributed by atoms with Crippen LogP contribution in [-0.4, -0.2) is 21.7 Å². The van der Waals surface area contributed by atoms with Crippen molar-refractivity contribution in [3.05, 3.63) is 116 Å². The summed E-state index contributed by atoms with van der Waals surface area (Å²) in [7, 11) is 0. The van der Waals surface area contributed by atoms with Crippen molar-refractivity contribution in [2.45, 2.75) is 0 Å². The third-order valence-electron chi connectivity index (χ3n) is 4.46. The summed E-state index contributed by atoms with van der Waals surface area (Å²) in [5.74, 6) is -0.834. The minimum absolute atomic E-state index is 0.0388. The molecule has 0 fully saturated rings. The van der Waals surface area contributed by atoms with Crippen LogP contribution in [0.4, 0.5) is 22.7 Å². The summed E-state index contributed by atoms with van der Waals surface area (Å²) in [5, 5.41) is 26.7. The molecule has 0 heterocycles. The predicted molar refractivity (Wildman–Crippen MR) is 128 cm³/mol. The monoisotopic (exact) mass is 458 g/mol. The minimum atomic E-state index is -0.503. The van der Waals surface area contributed by atoms with E-state index in [0.29, 0.717) is 22.5 Å². The van der Waals surface area contributed by atoms with Crippen LogP contribution in [0.5, 0.6) is 0 Å². The van der Waals surface area contributed by atoms with Crippen molar-refractivity contribution < 1.29 is 19.4 Å². The number of carbonyl (C=O) groups excluding carboxylic acids is 2. The number of anilines is 2. The predicted octanol–water partition coefficient (Wildman–Crippen LogP) is 4.81. The SMILES string of the molecule is O=C(/C=C/c1ccc([N+](=O)[O-])cc1)Nc1cccc(NC(=O)/C=C/c2ccc([N+](=O)[O-])cc2)c1. The van der Waals surface area contributed by atoms with Crippen LogP contribution in [0.15, 0.2) is 84.9 Å². The van der Waals surface area contributed by atoms with Crippen molar-refractivity contribution in [1.82, 2.24) is 0 Å². The van der Waals surface area contributed by atoms with Gasteiger partial charge in [-0.3, -0.25) is 29.8 Å². The van der Waals surface area contributed by atoms with E-state index in [4.69, 9.17) is 0 Å². The molecule has 0 spiro atoms. The molecule has 0 aliphatic rings. The van der Waals surface area contributed by atoms with Gasteiger partial charge in [0.2, 0.25) is 11.8 Å². The maximum absolute atomic E-state index is 12.2. The Kier molecular flexibility index (Phi) is 7.59. The normalized spacial score (nSPS) is 10.8. The van der Waals surface area contributed by atoms with E-state index in [1.165, 1.54) is 72.8 Å². The van der Waals surface area contributed by atoms with Crippen molar-refractivity contribution in [3.8, 4) is 0 Å². The van der Waals surface area contributed by atoms with E-state index >= 15 is 0 Å². The van der Waals surface area contributed by atoms with E-state index in [-0.39, 0.29) is 11.4 Å². The molecule has 0 atom stereocenters. The Bertz CT molecular complexity index is 1180. The fourth-order valence-corrected chi connectivity index (χ4v) is 2.80. The van der Waals surface area contributed by atoms with E-state index in [2.05, 4.69) is 10.6 Å². The largest absolute Gasteiger partial charge is 0.322 e. The first-order chi connectivity index (χ1) is 16.3. The van der Waals surface area contributed by atoms with E-state index in [0.717, 1.165) is 0 Å². The molecule has 3 rings (SSSR count). The van der Waals surface area contributed by atoms with Gasteiger partial charge in [-0.05, 0) is 65.7 Å². The third kappa shape index (κ3) is 6.95. The Morgan fingerprint density at radius 3 is 1.38 bits per heavy atom. The Hall–Kier alpha value is -5.12. The fourth-order valence-electron chi connectivity index (χ4n) is 2.80. The average molecular weight is 458 g/mol. The second kappa shape index (κ2) is 11.0. The first-order valence-electron chi connectivity index (χ1n) is 9.87. The van der Waals surface area contributed by atoms with Crippen LogP contribution in [0.25, 0.3) is 12.2 Å². The minimum Gasteiger partial charge on any atom is -0.322 e. The highest BCUT2D eigenvalue weighted by Gasteiger charge is 2.05. The lowest BCUT2D eigenvalue weighted by molar-refractivity contribution is -0.385. The first-order valence-corrected chi connectivity index (χ1v) is 9.87. The number of hydrogen-bond donors (Lipinski definition) is 2. The van der Waals surface area contributed by atoms with Gasteiger partial charge in [-0.1, -0.05) is 6.07 Å². The van der Waals surface area contributed by atoms with Gasteiger partial charge in [0.25, 0.3) is 11.4 Å². The molecular formula is C24H18N4O6. The summed E-state index contributed by atoms with van der Waals surface area (Å²) in [6.07, 6.45) is 5.63. The molecule has 0 aliphatic heterocycles. The van der Waals surface area contributed by atoms with E-state index in [1.54, 1.807) is 24.3 Å². The number of benzene rings is 3. The van der Waals surface area contributed by atoms with E-state index < -0.39 is 21.7 Å². The molecule has 3 aromatic carbocycles. The van der Waals surface area contributed by atoms with Crippen molar-refractivity contribution in [3.63, 3.8) is 0 Å². The maximum atomic E-state index is 12.2. The summed E-state index contributed by atoms with van der Waals surface area (Å²) in [6, 6.07) is 18.1. The zero-order valence-electron chi connectivity index (χ0n) is 17.6. The molecule has 0 saturated heterocycles.